The van der Waals surface area contributed by atoms with Gasteiger partial charge in [0.05, 0.1) is 11.2 Å². The molecule has 1 aliphatic carbocycles. The predicted octanol–water partition coefficient (Wildman–Crippen LogP) is 11.6. The minimum atomic E-state index is -0.737. The standard InChI is InChI=1S/C48H36FN/c1-33-23-25-35(26-24-33)41-31-43(36-17-9-4-10-18-36)48(39-21-13-6-14-22-39)45(41)44(37-27-29-40(49)30-28-37)46-42(34-15-7-3-8-16-34)32-47(2,50(46)48)38-19-11-5-12-20-38/h3-32H,1-2H3. The van der Waals surface area contributed by atoms with Crippen LogP contribution >= 0.6 is 0 Å². The first-order chi connectivity index (χ1) is 24.5. The Labute approximate surface area is 293 Å². The van der Waals surface area contributed by atoms with Crippen molar-refractivity contribution in [3.05, 3.63) is 238 Å². The van der Waals surface area contributed by atoms with E-state index in [2.05, 4.69) is 176 Å². The van der Waals surface area contributed by atoms with E-state index in [0.29, 0.717) is 0 Å². The second kappa shape index (κ2) is 11.6. The summed E-state index contributed by atoms with van der Waals surface area (Å²) in [6, 6.07) is 59.4. The average Bonchev–Trinajstić information content (AvgIpc) is 3.79. The smallest absolute Gasteiger partial charge is 0.123 e. The van der Waals surface area contributed by atoms with E-state index < -0.39 is 11.1 Å². The van der Waals surface area contributed by atoms with Crippen molar-refractivity contribution in [3.8, 4) is 0 Å². The van der Waals surface area contributed by atoms with E-state index in [1.807, 2.05) is 12.1 Å². The number of nitrogens with zero attached hydrogens (tertiary/aromatic N) is 1. The van der Waals surface area contributed by atoms with Crippen LogP contribution in [0.25, 0.3) is 22.3 Å². The molecule has 0 fully saturated rings. The molecule has 9 rings (SSSR count). The highest BCUT2D eigenvalue weighted by molar-refractivity contribution is 6.14. The number of aryl methyl sites for hydroxylation is 1. The first-order valence-electron chi connectivity index (χ1n) is 17.3. The van der Waals surface area contributed by atoms with Crippen LogP contribution < -0.4 is 0 Å². The van der Waals surface area contributed by atoms with Crippen LogP contribution in [0.3, 0.4) is 0 Å². The van der Waals surface area contributed by atoms with Crippen molar-refractivity contribution in [1.82, 2.24) is 4.90 Å². The third-order valence-electron chi connectivity index (χ3n) is 10.7. The molecule has 0 N–H and O–H groups in total. The highest BCUT2D eigenvalue weighted by Crippen LogP contribution is 2.70. The Bertz CT molecular complexity index is 2350. The Morgan fingerprint density at radius 3 is 1.64 bits per heavy atom. The molecule has 2 unspecified atom stereocenters. The Hall–Kier alpha value is -5.99. The zero-order valence-corrected chi connectivity index (χ0v) is 28.1. The van der Waals surface area contributed by atoms with Crippen LogP contribution in [-0.4, -0.2) is 4.90 Å². The Kier molecular flexibility index (Phi) is 6.96. The van der Waals surface area contributed by atoms with Crippen LogP contribution in [0.1, 0.15) is 45.9 Å². The van der Waals surface area contributed by atoms with Crippen LogP contribution in [0.5, 0.6) is 0 Å². The lowest BCUT2D eigenvalue weighted by Crippen LogP contribution is -2.50. The van der Waals surface area contributed by atoms with Crippen molar-refractivity contribution in [2.45, 2.75) is 24.9 Å². The van der Waals surface area contributed by atoms with E-state index in [1.54, 1.807) is 12.1 Å². The molecule has 2 atom stereocenters. The third kappa shape index (κ3) is 4.38. The Morgan fingerprint density at radius 1 is 0.520 bits per heavy atom. The molecule has 2 heterocycles. The number of halogens is 1. The van der Waals surface area contributed by atoms with Crippen LogP contribution in [-0.2, 0) is 11.1 Å². The normalized spacial score (nSPS) is 20.9. The summed E-state index contributed by atoms with van der Waals surface area (Å²) in [6.45, 7) is 4.50. The third-order valence-corrected chi connectivity index (χ3v) is 10.7. The predicted molar refractivity (Wildman–Crippen MR) is 204 cm³/mol. The number of allylic oxidation sites excluding steroid dienone is 3. The monoisotopic (exact) mass is 645 g/mol. The van der Waals surface area contributed by atoms with Crippen molar-refractivity contribution < 1.29 is 4.39 Å². The minimum Gasteiger partial charge on any atom is -0.340 e. The molecule has 2 aliphatic heterocycles. The summed E-state index contributed by atoms with van der Waals surface area (Å²) < 4.78 is 14.7. The van der Waals surface area contributed by atoms with Gasteiger partial charge < -0.3 is 4.90 Å². The van der Waals surface area contributed by atoms with Gasteiger partial charge in [0.2, 0.25) is 0 Å². The highest BCUT2D eigenvalue weighted by Gasteiger charge is 2.63. The molecule has 0 aromatic heterocycles. The van der Waals surface area contributed by atoms with Crippen molar-refractivity contribution in [3.63, 3.8) is 0 Å². The van der Waals surface area contributed by atoms with E-state index in [1.165, 1.54) is 44.5 Å². The molecule has 0 amide bonds. The fourth-order valence-corrected chi connectivity index (χ4v) is 8.55. The summed E-state index contributed by atoms with van der Waals surface area (Å²) in [5.41, 5.74) is 13.8. The van der Waals surface area contributed by atoms with E-state index >= 15 is 0 Å². The SMILES string of the molecule is Cc1ccc(C2=C3C(c4ccc(F)cc4)=C4C(c5ccccc5)=CC(C)(c5ccccc5)N4C3(c3ccccc3)C(c3ccccc3)=C2)cc1. The van der Waals surface area contributed by atoms with Crippen LogP contribution in [0.15, 0.2) is 193 Å². The molecule has 0 saturated carbocycles. The maximum Gasteiger partial charge on any atom is 0.123 e. The largest absolute Gasteiger partial charge is 0.340 e. The molecule has 0 spiro atoms. The van der Waals surface area contributed by atoms with Crippen molar-refractivity contribution in [2.75, 3.05) is 0 Å². The first kappa shape index (κ1) is 30.1. The van der Waals surface area contributed by atoms with Crippen LogP contribution in [0.2, 0.25) is 0 Å². The minimum absolute atomic E-state index is 0.245. The van der Waals surface area contributed by atoms with Gasteiger partial charge in [-0.15, -0.1) is 0 Å². The zero-order valence-electron chi connectivity index (χ0n) is 28.1. The van der Waals surface area contributed by atoms with E-state index in [4.69, 9.17) is 0 Å². The van der Waals surface area contributed by atoms with Crippen molar-refractivity contribution in [2.24, 2.45) is 0 Å². The second-order valence-electron chi connectivity index (χ2n) is 13.7. The van der Waals surface area contributed by atoms with Gasteiger partial charge in [0, 0.05) is 16.7 Å². The number of fused-ring (bicyclic) bond motifs is 3. The summed E-state index contributed by atoms with van der Waals surface area (Å²) in [5.74, 6) is -0.245. The molecule has 2 heteroatoms. The van der Waals surface area contributed by atoms with E-state index in [-0.39, 0.29) is 5.82 Å². The number of hydrogen-bond acceptors (Lipinski definition) is 1. The topological polar surface area (TPSA) is 3.24 Å². The van der Waals surface area contributed by atoms with Gasteiger partial charge in [-0.1, -0.05) is 163 Å². The lowest BCUT2D eigenvalue weighted by molar-refractivity contribution is 0.145. The first-order valence-corrected chi connectivity index (χ1v) is 17.3. The number of benzene rings is 6. The highest BCUT2D eigenvalue weighted by atomic mass is 19.1. The summed E-state index contributed by atoms with van der Waals surface area (Å²) in [5, 5.41) is 0. The molecule has 50 heavy (non-hydrogen) atoms. The fourth-order valence-electron chi connectivity index (χ4n) is 8.55. The fraction of sp³-hybridized carbons (Fsp3) is 0.0833. The van der Waals surface area contributed by atoms with Gasteiger partial charge in [-0.3, -0.25) is 0 Å². The lowest BCUT2D eigenvalue weighted by atomic mass is 9.72. The summed E-state index contributed by atoms with van der Waals surface area (Å²) in [6.07, 6.45) is 4.89. The maximum absolute atomic E-state index is 14.7. The van der Waals surface area contributed by atoms with Gasteiger partial charge in [-0.2, -0.15) is 0 Å². The molecule has 1 nitrogen and oxygen atoms in total. The summed E-state index contributed by atoms with van der Waals surface area (Å²) in [4.78, 5) is 2.70. The molecule has 0 radical (unpaired) electrons. The molecule has 240 valence electrons. The average molecular weight is 646 g/mol. The van der Waals surface area contributed by atoms with Gasteiger partial charge in [-0.05, 0) is 82.7 Å². The summed E-state index contributed by atoms with van der Waals surface area (Å²) >= 11 is 0. The van der Waals surface area contributed by atoms with E-state index in [9.17, 15) is 4.39 Å². The molecule has 6 aromatic rings. The van der Waals surface area contributed by atoms with Crippen molar-refractivity contribution in [1.29, 1.82) is 0 Å². The number of hydrogen-bond donors (Lipinski definition) is 0. The molecular weight excluding hydrogens is 610 g/mol. The molecule has 3 aliphatic rings. The summed E-state index contributed by atoms with van der Waals surface area (Å²) in [7, 11) is 0. The Morgan fingerprint density at radius 2 is 1.04 bits per heavy atom. The Balaban J connectivity index is 1.50. The molecule has 6 aromatic carbocycles. The lowest BCUT2D eigenvalue weighted by Gasteiger charge is -2.49. The molecule has 0 bridgehead atoms. The van der Waals surface area contributed by atoms with Crippen molar-refractivity contribution >= 4 is 22.3 Å². The zero-order chi connectivity index (χ0) is 33.9. The van der Waals surface area contributed by atoms with Crippen LogP contribution in [0.4, 0.5) is 4.39 Å². The number of rotatable bonds is 6. The van der Waals surface area contributed by atoms with Gasteiger partial charge in [0.25, 0.3) is 0 Å². The molecule has 0 saturated heterocycles. The quantitative estimate of drug-likeness (QED) is 0.174. The maximum atomic E-state index is 14.7. The van der Waals surface area contributed by atoms with Gasteiger partial charge >= 0.3 is 0 Å². The van der Waals surface area contributed by atoms with Gasteiger partial charge in [0.15, 0.2) is 0 Å². The second-order valence-corrected chi connectivity index (χ2v) is 13.7. The van der Waals surface area contributed by atoms with Gasteiger partial charge in [-0.25, -0.2) is 4.39 Å². The molecular formula is C48H36FN. The van der Waals surface area contributed by atoms with E-state index in [0.717, 1.165) is 28.0 Å². The van der Waals surface area contributed by atoms with Crippen LogP contribution in [0, 0.1) is 12.7 Å². The van der Waals surface area contributed by atoms with Gasteiger partial charge in [0.1, 0.15) is 11.4 Å².